The summed E-state index contributed by atoms with van der Waals surface area (Å²) in [7, 11) is -9.79. The fraction of sp³-hybridized carbons (Fsp3) is 1.00. The number of hydrogen-bond acceptors (Lipinski definition) is 6. The second-order valence-electron chi connectivity index (χ2n) is 3.63. The van der Waals surface area contributed by atoms with E-state index in [0.717, 1.165) is 0 Å². The van der Waals surface area contributed by atoms with E-state index in [9.17, 15) is 43.2 Å². The smallest absolute Gasteiger partial charge is 0.270 e. The van der Waals surface area contributed by atoms with Crippen LogP contribution in [0.15, 0.2) is 0 Å². The monoisotopic (exact) mass is 368 g/mol. The normalized spacial score (nSPS) is 14.4. The van der Waals surface area contributed by atoms with Crippen LogP contribution in [0.3, 0.4) is 0 Å². The van der Waals surface area contributed by atoms with Crippen molar-refractivity contribution in [1.82, 2.24) is 0 Å². The van der Waals surface area contributed by atoms with Crippen LogP contribution in [-0.2, 0) is 28.6 Å². The third-order valence-electron chi connectivity index (χ3n) is 1.50. The lowest BCUT2D eigenvalue weighted by Gasteiger charge is -2.09. The Balaban J connectivity index is 4.08. The molecule has 0 aromatic heterocycles. The van der Waals surface area contributed by atoms with Gasteiger partial charge < -0.3 is 0 Å². The topological polar surface area (TPSA) is 86.7 Å². The zero-order valence-electron chi connectivity index (χ0n) is 10.1. The Morgan fingerprint density at radius 1 is 0.667 bits per heavy atom. The van der Waals surface area contributed by atoms with Crippen molar-refractivity contribution in [2.75, 3.05) is 24.7 Å². The Hall–Kier alpha value is -0.600. The van der Waals surface area contributed by atoms with Gasteiger partial charge in [0.1, 0.15) is 0 Å². The lowest BCUT2D eigenvalue weighted by molar-refractivity contribution is -0.108. The molecule has 0 radical (unpaired) electrons. The van der Waals surface area contributed by atoms with Gasteiger partial charge in [0.05, 0.1) is 13.2 Å². The minimum absolute atomic E-state index is 0.534. The summed E-state index contributed by atoms with van der Waals surface area (Å²) in [5.41, 5.74) is 0. The van der Waals surface area contributed by atoms with E-state index in [2.05, 4.69) is 8.37 Å². The minimum Gasteiger partial charge on any atom is -0.270 e. The fourth-order valence-electron chi connectivity index (χ4n) is 0.915. The molecule has 0 fully saturated rings. The lowest BCUT2D eigenvalue weighted by Crippen LogP contribution is -2.26. The van der Waals surface area contributed by atoms with Crippen molar-refractivity contribution in [3.63, 3.8) is 0 Å². The van der Waals surface area contributed by atoms with Gasteiger partial charge in [0.25, 0.3) is 20.2 Å². The highest BCUT2D eigenvalue weighted by Gasteiger charge is 2.36. The molecule has 0 aliphatic carbocycles. The average Bonchev–Trinajstić information content (AvgIpc) is 2.07. The summed E-state index contributed by atoms with van der Waals surface area (Å²) < 4.78 is 121. The van der Waals surface area contributed by atoms with Crippen LogP contribution in [0.25, 0.3) is 0 Å². The van der Waals surface area contributed by atoms with E-state index < -0.39 is 63.7 Å². The fourth-order valence-corrected chi connectivity index (χ4v) is 2.63. The predicted molar refractivity (Wildman–Crippen MR) is 56.2 cm³/mol. The van der Waals surface area contributed by atoms with Crippen LogP contribution < -0.4 is 0 Å². The van der Waals surface area contributed by atoms with E-state index in [1.54, 1.807) is 0 Å². The third-order valence-corrected chi connectivity index (χ3v) is 3.91. The molecular formula is C7H10F6O6S2. The lowest BCUT2D eigenvalue weighted by atomic mass is 10.5. The van der Waals surface area contributed by atoms with E-state index in [1.807, 2.05) is 0 Å². The van der Waals surface area contributed by atoms with E-state index in [-0.39, 0.29) is 0 Å². The highest BCUT2D eigenvalue weighted by atomic mass is 32.2. The molecule has 0 aliphatic rings. The van der Waals surface area contributed by atoms with Crippen LogP contribution in [0, 0.1) is 0 Å². The molecule has 0 aromatic rings. The van der Waals surface area contributed by atoms with Gasteiger partial charge in [-0.15, -0.1) is 0 Å². The first kappa shape index (κ1) is 20.4. The van der Waals surface area contributed by atoms with Crippen molar-refractivity contribution >= 4 is 20.2 Å². The summed E-state index contributed by atoms with van der Waals surface area (Å²) in [5, 5.41) is 0. The maximum absolute atomic E-state index is 11.8. The summed E-state index contributed by atoms with van der Waals surface area (Å²) in [5.74, 6) is -4.46. The molecule has 0 saturated carbocycles. The highest BCUT2D eigenvalue weighted by Crippen LogP contribution is 2.19. The molecule has 0 heterocycles. The van der Waals surface area contributed by atoms with Crippen LogP contribution >= 0.6 is 0 Å². The summed E-state index contributed by atoms with van der Waals surface area (Å²) in [4.78, 5) is 0. The van der Waals surface area contributed by atoms with Gasteiger partial charge >= 0.3 is 12.4 Å². The molecule has 0 amide bonds. The maximum atomic E-state index is 11.8. The zero-order chi connectivity index (χ0) is 16.9. The molecule has 0 saturated heterocycles. The molecule has 128 valence electrons. The molecule has 0 unspecified atom stereocenters. The Labute approximate surface area is 116 Å². The Bertz CT molecular complexity index is 471. The highest BCUT2D eigenvalue weighted by molar-refractivity contribution is 7.87. The van der Waals surface area contributed by atoms with Crippen molar-refractivity contribution in [1.29, 1.82) is 0 Å². The van der Waals surface area contributed by atoms with Crippen molar-refractivity contribution in [2.45, 2.75) is 18.8 Å². The van der Waals surface area contributed by atoms with Gasteiger partial charge in [-0.1, -0.05) is 0 Å². The molecule has 0 aromatic carbocycles. The molecule has 14 heteroatoms. The first-order chi connectivity index (χ1) is 9.12. The molecule has 0 aliphatic heterocycles. The molecule has 21 heavy (non-hydrogen) atoms. The standard InChI is InChI=1S/C7H10F6O6S2/c8-6(9,10)4-20(14,15)18-2-1-3-19-21(16,17)5-7(11,12)13/h1-5H2. The molecule has 0 rings (SSSR count). The van der Waals surface area contributed by atoms with Gasteiger partial charge in [-0.25, -0.2) is 0 Å². The summed E-state index contributed by atoms with van der Waals surface area (Å²) >= 11 is 0. The van der Waals surface area contributed by atoms with Crippen LogP contribution in [-0.4, -0.2) is 53.9 Å². The van der Waals surface area contributed by atoms with Crippen LogP contribution in [0.2, 0.25) is 0 Å². The summed E-state index contributed by atoms with van der Waals surface area (Å²) in [6.07, 6.45) is -10.6. The van der Waals surface area contributed by atoms with Gasteiger partial charge in [0, 0.05) is 0 Å². The van der Waals surface area contributed by atoms with Crippen molar-refractivity contribution in [3.8, 4) is 0 Å². The van der Waals surface area contributed by atoms with E-state index in [4.69, 9.17) is 0 Å². The second-order valence-corrected chi connectivity index (χ2v) is 6.91. The Morgan fingerprint density at radius 3 is 1.19 bits per heavy atom. The van der Waals surface area contributed by atoms with Crippen molar-refractivity contribution in [2.24, 2.45) is 0 Å². The summed E-state index contributed by atoms with van der Waals surface area (Å²) in [6.45, 7) is -1.72. The SMILES string of the molecule is O=S(=O)(CC(F)(F)F)OCCCOS(=O)(=O)CC(F)(F)F. The molecular weight excluding hydrogens is 358 g/mol. The quantitative estimate of drug-likeness (QED) is 0.363. The van der Waals surface area contributed by atoms with E-state index >= 15 is 0 Å². The third kappa shape index (κ3) is 12.8. The van der Waals surface area contributed by atoms with Crippen molar-refractivity contribution in [3.05, 3.63) is 0 Å². The van der Waals surface area contributed by atoms with E-state index in [1.165, 1.54) is 0 Å². The van der Waals surface area contributed by atoms with Gasteiger partial charge in [0.2, 0.25) is 0 Å². The number of rotatable bonds is 8. The van der Waals surface area contributed by atoms with E-state index in [0.29, 0.717) is 0 Å². The van der Waals surface area contributed by atoms with Crippen LogP contribution in [0.4, 0.5) is 26.3 Å². The van der Waals surface area contributed by atoms with Gasteiger partial charge in [0.15, 0.2) is 11.5 Å². The number of hydrogen-bond donors (Lipinski definition) is 0. The largest absolute Gasteiger partial charge is 0.405 e. The molecule has 0 N–H and O–H groups in total. The number of halogens is 6. The van der Waals surface area contributed by atoms with Gasteiger partial charge in [-0.3, -0.25) is 8.37 Å². The van der Waals surface area contributed by atoms with Crippen molar-refractivity contribution < 1.29 is 51.5 Å². The molecule has 0 atom stereocenters. The van der Waals surface area contributed by atoms with Crippen LogP contribution in [0.1, 0.15) is 6.42 Å². The van der Waals surface area contributed by atoms with Gasteiger partial charge in [-0.05, 0) is 6.42 Å². The maximum Gasteiger partial charge on any atom is 0.405 e. The minimum atomic E-state index is -5.01. The Morgan fingerprint density at radius 2 is 0.952 bits per heavy atom. The van der Waals surface area contributed by atoms with Gasteiger partial charge in [-0.2, -0.15) is 43.2 Å². The average molecular weight is 368 g/mol. The first-order valence-electron chi connectivity index (χ1n) is 5.00. The Kier molecular flexibility index (Phi) is 6.90. The zero-order valence-corrected chi connectivity index (χ0v) is 11.7. The number of alkyl halides is 6. The van der Waals surface area contributed by atoms with Crippen LogP contribution in [0.5, 0.6) is 0 Å². The second kappa shape index (κ2) is 7.11. The molecule has 0 bridgehead atoms. The molecule has 6 nitrogen and oxygen atoms in total. The predicted octanol–water partition coefficient (Wildman–Crippen LogP) is 1.19. The first-order valence-corrected chi connectivity index (χ1v) is 8.15. The molecule has 0 spiro atoms. The summed E-state index contributed by atoms with van der Waals surface area (Å²) in [6, 6.07) is 0.